The molecule has 0 spiro atoms. The van der Waals surface area contributed by atoms with Crippen LogP contribution in [-0.4, -0.2) is 30.2 Å². The third kappa shape index (κ3) is 4.15. The average molecular weight is 434 g/mol. The third-order valence-corrected chi connectivity index (χ3v) is 6.06. The monoisotopic (exact) mass is 433 g/mol. The molecule has 1 aromatic carbocycles. The Morgan fingerprint density at radius 1 is 1.26 bits per heavy atom. The maximum atomic E-state index is 12.7. The fraction of sp³-hybridized carbons (Fsp3) is 0.133. The summed E-state index contributed by atoms with van der Waals surface area (Å²) in [5.74, 6) is -4.12. The second kappa shape index (κ2) is 7.71. The Bertz CT molecular complexity index is 1060. The molecule has 0 radical (unpaired) electrons. The summed E-state index contributed by atoms with van der Waals surface area (Å²) in [4.78, 5) is 15.2. The Morgan fingerprint density at radius 3 is 2.63 bits per heavy atom. The van der Waals surface area contributed by atoms with E-state index >= 15 is 0 Å². The highest BCUT2D eigenvalue weighted by Gasteiger charge is 2.32. The number of rotatable bonds is 6. The van der Waals surface area contributed by atoms with Crippen molar-refractivity contribution in [2.45, 2.75) is 17.2 Å². The largest absolute Gasteiger partial charge is 0.342 e. The van der Waals surface area contributed by atoms with Crippen molar-refractivity contribution in [3.05, 3.63) is 51.5 Å². The number of benzene rings is 1. The van der Waals surface area contributed by atoms with Crippen molar-refractivity contribution in [2.24, 2.45) is 0 Å². The average Bonchev–Trinajstić information content (AvgIpc) is 3.30. The lowest BCUT2D eigenvalue weighted by atomic mass is 10.2. The smallest absolute Gasteiger partial charge is 0.341 e. The fourth-order valence-corrected chi connectivity index (χ4v) is 4.27. The van der Waals surface area contributed by atoms with Crippen LogP contribution in [0.1, 0.15) is 15.6 Å². The Balaban J connectivity index is 1.71. The molecule has 0 bridgehead atoms. The van der Waals surface area contributed by atoms with Gasteiger partial charge in [-0.25, -0.2) is 8.42 Å². The van der Waals surface area contributed by atoms with Crippen LogP contribution in [0.3, 0.4) is 0 Å². The molecule has 0 saturated carbocycles. The Labute approximate surface area is 160 Å². The number of carbonyl (C=O) groups is 1. The molecule has 0 saturated heterocycles. The van der Waals surface area contributed by atoms with E-state index in [0.29, 0.717) is 10.6 Å². The van der Waals surface area contributed by atoms with Gasteiger partial charge in [0.2, 0.25) is 21.6 Å². The molecular formula is C15H10ClF2N3O4S2. The van der Waals surface area contributed by atoms with Gasteiger partial charge >= 0.3 is 5.76 Å². The Morgan fingerprint density at radius 2 is 1.96 bits per heavy atom. The molecule has 3 aromatic rings. The first-order valence-corrected chi connectivity index (χ1v) is 10.1. The molecule has 12 heteroatoms. The van der Waals surface area contributed by atoms with Crippen LogP contribution in [0.25, 0.3) is 11.4 Å². The lowest BCUT2D eigenvalue weighted by molar-refractivity contribution is 0.0947. The minimum Gasteiger partial charge on any atom is -0.342 e. The SMILES string of the molecule is O=C(NCc1nc(-c2ccc(Cl)cc2)no1)c1sccc1S(=O)(=O)C(F)F. The van der Waals surface area contributed by atoms with Crippen LogP contribution >= 0.6 is 22.9 Å². The van der Waals surface area contributed by atoms with Gasteiger partial charge in [-0.05, 0) is 35.7 Å². The van der Waals surface area contributed by atoms with E-state index in [0.717, 1.165) is 17.4 Å². The minimum atomic E-state index is -4.87. The normalized spacial score (nSPS) is 11.7. The lowest BCUT2D eigenvalue weighted by Gasteiger charge is -2.05. The van der Waals surface area contributed by atoms with E-state index in [2.05, 4.69) is 15.5 Å². The quantitative estimate of drug-likeness (QED) is 0.639. The standard InChI is InChI=1S/C15H10ClF2N3O4S2/c16-9-3-1-8(2-4-9)13-20-11(25-21-13)7-19-14(22)12-10(5-6-26-12)27(23,24)15(17)18/h1-6,15H,7H2,(H,19,22). The van der Waals surface area contributed by atoms with Gasteiger partial charge in [0.05, 0.1) is 11.4 Å². The number of nitrogens with zero attached hydrogens (tertiary/aromatic N) is 2. The Kier molecular flexibility index (Phi) is 5.53. The highest BCUT2D eigenvalue weighted by molar-refractivity contribution is 7.92. The summed E-state index contributed by atoms with van der Waals surface area (Å²) in [5.41, 5.74) is 0.643. The summed E-state index contributed by atoms with van der Waals surface area (Å²) < 4.78 is 53.6. The summed E-state index contributed by atoms with van der Waals surface area (Å²) in [6, 6.07) is 7.63. The van der Waals surface area contributed by atoms with Crippen molar-refractivity contribution >= 4 is 38.7 Å². The zero-order valence-electron chi connectivity index (χ0n) is 13.2. The van der Waals surface area contributed by atoms with E-state index in [1.807, 2.05) is 0 Å². The summed E-state index contributed by atoms with van der Waals surface area (Å²) in [6.45, 7) is -0.203. The number of hydrogen-bond donors (Lipinski definition) is 1. The van der Waals surface area contributed by atoms with Gasteiger partial charge < -0.3 is 9.84 Å². The molecule has 0 atom stereocenters. The molecule has 0 aliphatic rings. The number of alkyl halides is 2. The van der Waals surface area contributed by atoms with Crippen LogP contribution in [0.15, 0.2) is 45.1 Å². The van der Waals surface area contributed by atoms with Crippen molar-refractivity contribution in [1.29, 1.82) is 0 Å². The van der Waals surface area contributed by atoms with E-state index in [-0.39, 0.29) is 23.1 Å². The van der Waals surface area contributed by atoms with E-state index in [4.69, 9.17) is 16.1 Å². The first kappa shape index (κ1) is 19.4. The topological polar surface area (TPSA) is 102 Å². The van der Waals surface area contributed by atoms with Gasteiger partial charge in [0, 0.05) is 10.6 Å². The molecule has 0 aliphatic carbocycles. The van der Waals surface area contributed by atoms with Crippen molar-refractivity contribution < 1.29 is 26.5 Å². The number of halogens is 3. The van der Waals surface area contributed by atoms with Crippen molar-refractivity contribution in [3.8, 4) is 11.4 Å². The van der Waals surface area contributed by atoms with Gasteiger partial charge in [-0.1, -0.05) is 16.8 Å². The summed E-state index contributed by atoms with van der Waals surface area (Å²) >= 11 is 6.54. The van der Waals surface area contributed by atoms with Gasteiger partial charge in [-0.15, -0.1) is 11.3 Å². The first-order chi connectivity index (χ1) is 12.8. The minimum absolute atomic E-state index is 0.0584. The second-order valence-electron chi connectivity index (χ2n) is 5.12. The fourth-order valence-electron chi connectivity index (χ4n) is 2.06. The van der Waals surface area contributed by atoms with Crippen LogP contribution in [0.2, 0.25) is 5.02 Å². The molecule has 2 aromatic heterocycles. The molecule has 1 amide bonds. The maximum Gasteiger partial charge on any atom is 0.341 e. The summed E-state index contributed by atoms with van der Waals surface area (Å²) in [6.07, 6.45) is 0. The molecular weight excluding hydrogens is 424 g/mol. The first-order valence-electron chi connectivity index (χ1n) is 7.25. The molecule has 0 aliphatic heterocycles. The lowest BCUT2D eigenvalue weighted by Crippen LogP contribution is -2.24. The molecule has 7 nitrogen and oxygen atoms in total. The van der Waals surface area contributed by atoms with Crippen molar-refractivity contribution in [3.63, 3.8) is 0 Å². The second-order valence-corrected chi connectivity index (χ2v) is 8.36. The van der Waals surface area contributed by atoms with Gasteiger partial charge in [-0.3, -0.25) is 4.79 Å². The number of amides is 1. The van der Waals surface area contributed by atoms with E-state index < -0.39 is 26.4 Å². The van der Waals surface area contributed by atoms with Gasteiger partial charge in [0.25, 0.3) is 5.91 Å². The zero-order chi connectivity index (χ0) is 19.6. The van der Waals surface area contributed by atoms with Crippen LogP contribution in [-0.2, 0) is 16.4 Å². The molecule has 27 heavy (non-hydrogen) atoms. The number of carbonyl (C=O) groups excluding carboxylic acids is 1. The van der Waals surface area contributed by atoms with Crippen LogP contribution in [0, 0.1) is 0 Å². The van der Waals surface area contributed by atoms with Crippen LogP contribution in [0.4, 0.5) is 8.78 Å². The van der Waals surface area contributed by atoms with Gasteiger partial charge in [0.1, 0.15) is 4.88 Å². The molecule has 3 rings (SSSR count). The van der Waals surface area contributed by atoms with Gasteiger partial charge in [0.15, 0.2) is 0 Å². The molecule has 0 fully saturated rings. The highest BCUT2D eigenvalue weighted by atomic mass is 35.5. The number of nitrogens with one attached hydrogen (secondary N) is 1. The van der Waals surface area contributed by atoms with Crippen LogP contribution < -0.4 is 5.32 Å². The van der Waals surface area contributed by atoms with Gasteiger partial charge in [-0.2, -0.15) is 13.8 Å². The van der Waals surface area contributed by atoms with Crippen molar-refractivity contribution in [2.75, 3.05) is 0 Å². The van der Waals surface area contributed by atoms with Crippen molar-refractivity contribution in [1.82, 2.24) is 15.5 Å². The number of sulfone groups is 1. The Hall–Kier alpha value is -2.37. The predicted molar refractivity (Wildman–Crippen MR) is 93.4 cm³/mol. The number of hydrogen-bond acceptors (Lipinski definition) is 7. The number of aromatic nitrogens is 2. The molecule has 1 N–H and O–H groups in total. The molecule has 2 heterocycles. The highest BCUT2D eigenvalue weighted by Crippen LogP contribution is 2.26. The van der Waals surface area contributed by atoms with E-state index in [9.17, 15) is 22.0 Å². The summed E-state index contributed by atoms with van der Waals surface area (Å²) in [5, 5.41) is 7.92. The van der Waals surface area contributed by atoms with Crippen LogP contribution in [0.5, 0.6) is 0 Å². The van der Waals surface area contributed by atoms with E-state index in [1.165, 1.54) is 5.38 Å². The molecule has 0 unspecified atom stereocenters. The molecule has 142 valence electrons. The third-order valence-electron chi connectivity index (χ3n) is 3.35. The van der Waals surface area contributed by atoms with E-state index in [1.54, 1.807) is 24.3 Å². The zero-order valence-corrected chi connectivity index (χ0v) is 15.6. The predicted octanol–water partition coefficient (Wildman–Crippen LogP) is 3.38. The summed E-state index contributed by atoms with van der Waals surface area (Å²) in [7, 11) is -4.87. The maximum absolute atomic E-state index is 12.7. The number of thiophene rings is 1.